The van der Waals surface area contributed by atoms with Gasteiger partial charge in [-0.3, -0.25) is 4.79 Å². The summed E-state index contributed by atoms with van der Waals surface area (Å²) < 4.78 is 18.4. The second kappa shape index (κ2) is 6.36. The number of benzene rings is 1. The third-order valence-electron chi connectivity index (χ3n) is 2.09. The third-order valence-corrected chi connectivity index (χ3v) is 2.55. The van der Waals surface area contributed by atoms with Gasteiger partial charge in [-0.25, -0.2) is 4.39 Å². The Labute approximate surface area is 107 Å². The van der Waals surface area contributed by atoms with E-state index in [0.717, 1.165) is 0 Å². The SMILES string of the molecule is CCOC(=O)C(C#N)Cc1cc(F)cc(Br)c1. The molecule has 0 N–H and O–H groups in total. The van der Waals surface area contributed by atoms with E-state index >= 15 is 0 Å². The maximum Gasteiger partial charge on any atom is 0.323 e. The Morgan fingerprint density at radius 3 is 2.82 bits per heavy atom. The van der Waals surface area contributed by atoms with E-state index in [0.29, 0.717) is 10.0 Å². The first kappa shape index (κ1) is 13.7. The zero-order valence-electron chi connectivity index (χ0n) is 9.24. The normalized spacial score (nSPS) is 11.6. The van der Waals surface area contributed by atoms with Crippen LogP contribution < -0.4 is 0 Å². The molecular formula is C12H11BrFNO2. The van der Waals surface area contributed by atoms with Crippen molar-refractivity contribution in [1.29, 1.82) is 5.26 Å². The van der Waals surface area contributed by atoms with Gasteiger partial charge in [-0.2, -0.15) is 5.26 Å². The number of rotatable bonds is 4. The Morgan fingerprint density at radius 2 is 2.29 bits per heavy atom. The summed E-state index contributed by atoms with van der Waals surface area (Å²) in [7, 11) is 0. The number of ether oxygens (including phenoxy) is 1. The predicted octanol–water partition coefficient (Wildman–Crippen LogP) is 2.83. The Morgan fingerprint density at radius 1 is 1.59 bits per heavy atom. The van der Waals surface area contributed by atoms with Crippen molar-refractivity contribution >= 4 is 21.9 Å². The van der Waals surface area contributed by atoms with Gasteiger partial charge in [-0.1, -0.05) is 15.9 Å². The first-order valence-electron chi connectivity index (χ1n) is 5.08. The van der Waals surface area contributed by atoms with E-state index in [1.54, 1.807) is 13.0 Å². The fraction of sp³-hybridized carbons (Fsp3) is 0.333. The number of hydrogen-bond donors (Lipinski definition) is 0. The fourth-order valence-electron chi connectivity index (χ4n) is 1.39. The molecule has 1 aromatic rings. The van der Waals surface area contributed by atoms with Crippen LogP contribution in [0.2, 0.25) is 0 Å². The molecule has 1 unspecified atom stereocenters. The average molecular weight is 300 g/mol. The Balaban J connectivity index is 2.81. The lowest BCUT2D eigenvalue weighted by atomic mass is 10.0. The highest BCUT2D eigenvalue weighted by Crippen LogP contribution is 2.18. The Kier molecular flexibility index (Phi) is 5.11. The average Bonchev–Trinajstić information content (AvgIpc) is 2.24. The van der Waals surface area contributed by atoms with E-state index < -0.39 is 17.7 Å². The number of nitrogens with zero attached hydrogens (tertiary/aromatic N) is 1. The smallest absolute Gasteiger partial charge is 0.323 e. The van der Waals surface area contributed by atoms with Crippen LogP contribution in [0.25, 0.3) is 0 Å². The van der Waals surface area contributed by atoms with Gasteiger partial charge in [0, 0.05) is 4.47 Å². The van der Waals surface area contributed by atoms with E-state index in [1.165, 1.54) is 12.1 Å². The summed E-state index contributed by atoms with van der Waals surface area (Å²) in [5.41, 5.74) is 0.580. The molecule has 0 fully saturated rings. The third kappa shape index (κ3) is 4.16. The van der Waals surface area contributed by atoms with Crippen molar-refractivity contribution in [3.63, 3.8) is 0 Å². The largest absolute Gasteiger partial charge is 0.465 e. The molecule has 17 heavy (non-hydrogen) atoms. The molecule has 0 spiro atoms. The molecule has 0 aromatic heterocycles. The zero-order chi connectivity index (χ0) is 12.8. The van der Waals surface area contributed by atoms with Crippen LogP contribution in [0, 0.1) is 23.1 Å². The maximum absolute atomic E-state index is 13.1. The van der Waals surface area contributed by atoms with Gasteiger partial charge in [0.25, 0.3) is 0 Å². The van der Waals surface area contributed by atoms with Gasteiger partial charge in [-0.05, 0) is 37.1 Å². The lowest BCUT2D eigenvalue weighted by Gasteiger charge is -2.08. The molecule has 0 bridgehead atoms. The number of carbonyl (C=O) groups is 1. The van der Waals surface area contributed by atoms with Crippen LogP contribution in [0.3, 0.4) is 0 Å². The van der Waals surface area contributed by atoms with Crippen molar-refractivity contribution in [3.05, 3.63) is 34.1 Å². The van der Waals surface area contributed by atoms with E-state index in [9.17, 15) is 9.18 Å². The van der Waals surface area contributed by atoms with Crippen LogP contribution in [-0.2, 0) is 16.0 Å². The molecule has 0 aliphatic carbocycles. The van der Waals surface area contributed by atoms with Gasteiger partial charge in [0.2, 0.25) is 0 Å². The van der Waals surface area contributed by atoms with Crippen molar-refractivity contribution in [2.75, 3.05) is 6.61 Å². The highest BCUT2D eigenvalue weighted by molar-refractivity contribution is 9.10. The first-order chi connectivity index (χ1) is 8.06. The summed E-state index contributed by atoms with van der Waals surface area (Å²) in [6, 6.07) is 6.15. The van der Waals surface area contributed by atoms with Crippen molar-refractivity contribution in [2.24, 2.45) is 5.92 Å². The van der Waals surface area contributed by atoms with Crippen molar-refractivity contribution < 1.29 is 13.9 Å². The standard InChI is InChI=1S/C12H11BrFNO2/c1-2-17-12(16)9(7-15)3-8-4-10(13)6-11(14)5-8/h4-6,9H,2-3H2,1H3. The molecule has 1 rings (SSSR count). The van der Waals surface area contributed by atoms with Gasteiger partial charge in [0.1, 0.15) is 11.7 Å². The molecule has 0 saturated carbocycles. The van der Waals surface area contributed by atoms with Crippen molar-refractivity contribution in [1.82, 2.24) is 0 Å². The van der Waals surface area contributed by atoms with Crippen LogP contribution in [0.5, 0.6) is 0 Å². The topological polar surface area (TPSA) is 50.1 Å². The molecular weight excluding hydrogens is 289 g/mol. The zero-order valence-corrected chi connectivity index (χ0v) is 10.8. The molecule has 5 heteroatoms. The van der Waals surface area contributed by atoms with E-state index in [4.69, 9.17) is 10.00 Å². The number of hydrogen-bond acceptors (Lipinski definition) is 3. The fourth-order valence-corrected chi connectivity index (χ4v) is 1.90. The minimum Gasteiger partial charge on any atom is -0.465 e. The molecule has 0 aliphatic rings. The lowest BCUT2D eigenvalue weighted by molar-refractivity contribution is -0.145. The second-order valence-electron chi connectivity index (χ2n) is 3.42. The number of nitriles is 1. The molecule has 0 radical (unpaired) electrons. The number of esters is 1. The summed E-state index contributed by atoms with van der Waals surface area (Å²) >= 11 is 3.15. The Hall–Kier alpha value is -1.41. The number of halogens is 2. The summed E-state index contributed by atoms with van der Waals surface area (Å²) in [5.74, 6) is -1.88. The lowest BCUT2D eigenvalue weighted by Crippen LogP contribution is -2.18. The van der Waals surface area contributed by atoms with Gasteiger partial charge >= 0.3 is 5.97 Å². The van der Waals surface area contributed by atoms with Crippen molar-refractivity contribution in [2.45, 2.75) is 13.3 Å². The number of carbonyl (C=O) groups excluding carboxylic acids is 1. The molecule has 0 heterocycles. The first-order valence-corrected chi connectivity index (χ1v) is 5.87. The van der Waals surface area contributed by atoms with Crippen LogP contribution >= 0.6 is 15.9 Å². The van der Waals surface area contributed by atoms with Crippen LogP contribution in [-0.4, -0.2) is 12.6 Å². The highest BCUT2D eigenvalue weighted by atomic mass is 79.9. The monoisotopic (exact) mass is 299 g/mol. The predicted molar refractivity (Wildman–Crippen MR) is 63.5 cm³/mol. The van der Waals surface area contributed by atoms with Gasteiger partial charge in [-0.15, -0.1) is 0 Å². The molecule has 0 aliphatic heterocycles. The van der Waals surface area contributed by atoms with Crippen molar-refractivity contribution in [3.8, 4) is 6.07 Å². The summed E-state index contributed by atoms with van der Waals surface area (Å²) in [6.07, 6.45) is 0.145. The van der Waals surface area contributed by atoms with Crippen LogP contribution in [0.15, 0.2) is 22.7 Å². The summed E-state index contributed by atoms with van der Waals surface area (Å²) in [4.78, 5) is 11.4. The second-order valence-corrected chi connectivity index (χ2v) is 4.33. The van der Waals surface area contributed by atoms with E-state index in [1.807, 2.05) is 6.07 Å². The van der Waals surface area contributed by atoms with E-state index in [-0.39, 0.29) is 13.0 Å². The van der Waals surface area contributed by atoms with Gasteiger partial charge in [0.15, 0.2) is 0 Å². The molecule has 0 saturated heterocycles. The van der Waals surface area contributed by atoms with Gasteiger partial charge < -0.3 is 4.74 Å². The minimum absolute atomic E-state index is 0.145. The van der Waals surface area contributed by atoms with Crippen LogP contribution in [0.1, 0.15) is 12.5 Å². The molecule has 3 nitrogen and oxygen atoms in total. The highest BCUT2D eigenvalue weighted by Gasteiger charge is 2.20. The molecule has 0 amide bonds. The summed E-state index contributed by atoms with van der Waals surface area (Å²) in [5, 5.41) is 8.87. The molecule has 1 aromatic carbocycles. The molecule has 1 atom stereocenters. The van der Waals surface area contributed by atoms with Gasteiger partial charge in [0.05, 0.1) is 12.7 Å². The van der Waals surface area contributed by atoms with Crippen LogP contribution in [0.4, 0.5) is 4.39 Å². The minimum atomic E-state index is -0.899. The Bertz CT molecular complexity index is 436. The molecule has 90 valence electrons. The quantitative estimate of drug-likeness (QED) is 0.803. The maximum atomic E-state index is 13.1. The summed E-state index contributed by atoms with van der Waals surface area (Å²) in [6.45, 7) is 1.90. The van der Waals surface area contributed by atoms with E-state index in [2.05, 4.69) is 15.9 Å².